The number of aliphatic hydroxyl groups excluding tert-OH is 1. The second kappa shape index (κ2) is 4.06. The number of aromatic carboxylic acids is 1. The zero-order valence-corrected chi connectivity index (χ0v) is 9.29. The number of fused-ring (bicyclic) bond motifs is 1. The smallest absolute Gasteiger partial charge is 0.356 e. The molecule has 0 saturated carbocycles. The second-order valence-electron chi connectivity index (χ2n) is 3.91. The molecule has 17 heavy (non-hydrogen) atoms. The van der Waals surface area contributed by atoms with Gasteiger partial charge in [0, 0.05) is 6.42 Å². The largest absolute Gasteiger partial charge is 0.476 e. The van der Waals surface area contributed by atoms with Crippen LogP contribution < -0.4 is 5.73 Å². The van der Waals surface area contributed by atoms with Crippen molar-refractivity contribution < 1.29 is 15.0 Å². The minimum absolute atomic E-state index is 0.0482. The Bertz CT molecular complexity index is 575. The molecule has 0 aromatic carbocycles. The minimum Gasteiger partial charge on any atom is -0.476 e. The first-order valence-corrected chi connectivity index (χ1v) is 5.18. The molecule has 0 aliphatic heterocycles. The van der Waals surface area contributed by atoms with Gasteiger partial charge < -0.3 is 15.9 Å². The molecule has 0 spiro atoms. The lowest BCUT2D eigenvalue weighted by Gasteiger charge is -2.05. The van der Waals surface area contributed by atoms with Gasteiger partial charge in [-0.2, -0.15) is 0 Å². The Balaban J connectivity index is 2.71. The molecular weight excluding hydrogens is 222 g/mol. The topological polar surface area (TPSA) is 101 Å². The molecule has 6 nitrogen and oxygen atoms in total. The normalized spacial score (nSPS) is 12.8. The molecule has 0 aliphatic carbocycles. The molecule has 1 unspecified atom stereocenters. The van der Waals surface area contributed by atoms with Crippen LogP contribution in [0.4, 0.5) is 5.82 Å². The van der Waals surface area contributed by atoms with E-state index in [0.717, 1.165) is 0 Å². The lowest BCUT2D eigenvalue weighted by molar-refractivity contribution is 0.0693. The Kier molecular flexibility index (Phi) is 2.72. The average molecular weight is 235 g/mol. The van der Waals surface area contributed by atoms with Gasteiger partial charge in [0.05, 0.1) is 11.6 Å². The quantitative estimate of drug-likeness (QED) is 0.720. The zero-order chi connectivity index (χ0) is 12.6. The Labute approximate surface area is 97.3 Å². The molecule has 0 saturated heterocycles. The summed E-state index contributed by atoms with van der Waals surface area (Å²) in [6.45, 7) is 1.61. The summed E-state index contributed by atoms with van der Waals surface area (Å²) in [4.78, 5) is 15.1. The van der Waals surface area contributed by atoms with E-state index in [1.54, 1.807) is 29.5 Å². The highest BCUT2D eigenvalue weighted by molar-refractivity contribution is 5.94. The standard InChI is InChI=1S/C11H13N3O3/c1-6(15)5-9-13-10(11(16)17)7-3-2-4-8(12)14(7)9/h2-4,6,15H,5,12H2,1H3,(H,16,17). The molecule has 0 aliphatic rings. The van der Waals surface area contributed by atoms with E-state index in [0.29, 0.717) is 17.2 Å². The van der Waals surface area contributed by atoms with Gasteiger partial charge in [0.1, 0.15) is 11.6 Å². The lowest BCUT2D eigenvalue weighted by Crippen LogP contribution is -2.09. The molecular formula is C11H13N3O3. The van der Waals surface area contributed by atoms with Gasteiger partial charge in [-0.05, 0) is 19.1 Å². The summed E-state index contributed by atoms with van der Waals surface area (Å²) in [7, 11) is 0. The van der Waals surface area contributed by atoms with Gasteiger partial charge in [-0.25, -0.2) is 9.78 Å². The van der Waals surface area contributed by atoms with Crippen LogP contribution in [-0.4, -0.2) is 31.7 Å². The summed E-state index contributed by atoms with van der Waals surface area (Å²) in [5.74, 6) is -0.256. The maximum atomic E-state index is 11.0. The van der Waals surface area contributed by atoms with Gasteiger partial charge >= 0.3 is 5.97 Å². The van der Waals surface area contributed by atoms with Crippen molar-refractivity contribution in [2.24, 2.45) is 0 Å². The highest BCUT2D eigenvalue weighted by atomic mass is 16.4. The minimum atomic E-state index is -1.11. The monoisotopic (exact) mass is 235 g/mol. The van der Waals surface area contributed by atoms with Gasteiger partial charge in [-0.3, -0.25) is 4.40 Å². The number of carbonyl (C=O) groups is 1. The third-order valence-corrected chi connectivity index (χ3v) is 2.44. The van der Waals surface area contributed by atoms with E-state index in [4.69, 9.17) is 10.8 Å². The Hall–Kier alpha value is -2.08. The average Bonchev–Trinajstić information content (AvgIpc) is 2.57. The van der Waals surface area contributed by atoms with Crippen molar-refractivity contribution >= 4 is 17.3 Å². The first-order valence-electron chi connectivity index (χ1n) is 5.18. The van der Waals surface area contributed by atoms with E-state index in [1.165, 1.54) is 0 Å². The molecule has 2 rings (SSSR count). The molecule has 1 atom stereocenters. The van der Waals surface area contributed by atoms with E-state index in [2.05, 4.69) is 4.98 Å². The van der Waals surface area contributed by atoms with Crippen molar-refractivity contribution in [2.45, 2.75) is 19.4 Å². The van der Waals surface area contributed by atoms with Crippen molar-refractivity contribution in [1.82, 2.24) is 9.38 Å². The molecule has 0 radical (unpaired) electrons. The fraction of sp³-hybridized carbons (Fsp3) is 0.273. The summed E-state index contributed by atoms with van der Waals surface area (Å²) >= 11 is 0. The number of hydrogen-bond donors (Lipinski definition) is 3. The molecule has 0 fully saturated rings. The highest BCUT2D eigenvalue weighted by Crippen LogP contribution is 2.18. The summed E-state index contributed by atoms with van der Waals surface area (Å²) in [5, 5.41) is 18.4. The van der Waals surface area contributed by atoms with Crippen LogP contribution in [0.3, 0.4) is 0 Å². The third kappa shape index (κ3) is 1.94. The number of pyridine rings is 1. The SMILES string of the molecule is CC(O)Cc1nc(C(=O)O)c2cccc(N)n12. The Morgan fingerprint density at radius 3 is 2.88 bits per heavy atom. The van der Waals surface area contributed by atoms with Crippen LogP contribution in [0.15, 0.2) is 18.2 Å². The molecule has 90 valence electrons. The molecule has 2 aromatic heterocycles. The maximum absolute atomic E-state index is 11.0. The van der Waals surface area contributed by atoms with Crippen LogP contribution in [0.2, 0.25) is 0 Å². The summed E-state index contributed by atoms with van der Waals surface area (Å²) < 4.78 is 1.55. The number of aliphatic hydroxyl groups is 1. The molecule has 2 aromatic rings. The predicted molar refractivity (Wildman–Crippen MR) is 61.9 cm³/mol. The number of rotatable bonds is 3. The Morgan fingerprint density at radius 2 is 2.29 bits per heavy atom. The van der Waals surface area contributed by atoms with Crippen LogP contribution in [0.1, 0.15) is 23.2 Å². The van der Waals surface area contributed by atoms with E-state index in [1.807, 2.05) is 0 Å². The van der Waals surface area contributed by atoms with Gasteiger partial charge in [0.25, 0.3) is 0 Å². The van der Waals surface area contributed by atoms with Gasteiger partial charge in [0.2, 0.25) is 0 Å². The maximum Gasteiger partial charge on any atom is 0.356 e. The fourth-order valence-electron chi connectivity index (χ4n) is 1.79. The Morgan fingerprint density at radius 1 is 1.59 bits per heavy atom. The third-order valence-electron chi connectivity index (χ3n) is 2.44. The molecule has 0 bridgehead atoms. The molecule has 4 N–H and O–H groups in total. The van der Waals surface area contributed by atoms with Crippen LogP contribution in [0.5, 0.6) is 0 Å². The van der Waals surface area contributed by atoms with Crippen molar-refractivity contribution in [1.29, 1.82) is 0 Å². The summed E-state index contributed by atoms with van der Waals surface area (Å²) in [6.07, 6.45) is -0.357. The lowest BCUT2D eigenvalue weighted by atomic mass is 10.3. The predicted octanol–water partition coefficient (Wildman–Crippen LogP) is 0.538. The first-order chi connectivity index (χ1) is 8.00. The van der Waals surface area contributed by atoms with Crippen molar-refractivity contribution in [3.63, 3.8) is 0 Å². The van der Waals surface area contributed by atoms with Gasteiger partial charge in [-0.1, -0.05) is 6.07 Å². The van der Waals surface area contributed by atoms with Gasteiger partial charge in [0.15, 0.2) is 5.69 Å². The number of hydrogen-bond acceptors (Lipinski definition) is 4. The number of aromatic nitrogens is 2. The number of nitrogens with two attached hydrogens (primary N) is 1. The molecule has 6 heteroatoms. The van der Waals surface area contributed by atoms with Crippen molar-refractivity contribution in [3.8, 4) is 0 Å². The van der Waals surface area contributed by atoms with E-state index < -0.39 is 12.1 Å². The van der Waals surface area contributed by atoms with Crippen molar-refractivity contribution in [2.75, 3.05) is 5.73 Å². The number of anilines is 1. The van der Waals surface area contributed by atoms with E-state index in [9.17, 15) is 9.90 Å². The summed E-state index contributed by atoms with van der Waals surface area (Å²) in [6, 6.07) is 4.97. The van der Waals surface area contributed by atoms with Crippen molar-refractivity contribution in [3.05, 3.63) is 29.7 Å². The number of nitrogen functional groups attached to an aromatic ring is 1. The number of nitrogens with zero attached hydrogens (tertiary/aromatic N) is 2. The zero-order valence-electron chi connectivity index (χ0n) is 9.29. The van der Waals surface area contributed by atoms with Crippen LogP contribution in [-0.2, 0) is 6.42 Å². The number of imidazole rings is 1. The van der Waals surface area contributed by atoms with E-state index >= 15 is 0 Å². The van der Waals surface area contributed by atoms with Crippen LogP contribution in [0.25, 0.3) is 5.52 Å². The van der Waals surface area contributed by atoms with Gasteiger partial charge in [-0.15, -0.1) is 0 Å². The van der Waals surface area contributed by atoms with Crippen LogP contribution >= 0.6 is 0 Å². The number of carboxylic acid groups (broad SMARTS) is 1. The molecule has 2 heterocycles. The summed E-state index contributed by atoms with van der Waals surface area (Å²) in [5.41, 5.74) is 6.18. The number of carboxylic acids is 1. The first kappa shape index (κ1) is 11.4. The fourth-order valence-corrected chi connectivity index (χ4v) is 1.79. The molecule has 0 amide bonds. The van der Waals surface area contributed by atoms with E-state index in [-0.39, 0.29) is 12.1 Å². The highest BCUT2D eigenvalue weighted by Gasteiger charge is 2.18. The second-order valence-corrected chi connectivity index (χ2v) is 3.91. The van der Waals surface area contributed by atoms with Crippen LogP contribution in [0, 0.1) is 0 Å².